The van der Waals surface area contributed by atoms with Crippen LogP contribution in [0.3, 0.4) is 0 Å². The number of benzene rings is 1. The summed E-state index contributed by atoms with van der Waals surface area (Å²) in [6, 6.07) is 5.33. The second-order valence-corrected chi connectivity index (χ2v) is 4.73. The molecule has 2 N–H and O–H groups in total. The summed E-state index contributed by atoms with van der Waals surface area (Å²) < 4.78 is 37.9. The van der Waals surface area contributed by atoms with Crippen molar-refractivity contribution in [3.8, 4) is 0 Å². The van der Waals surface area contributed by atoms with Gasteiger partial charge >= 0.3 is 6.18 Å². The van der Waals surface area contributed by atoms with Crippen LogP contribution in [0.25, 0.3) is 0 Å². The Kier molecular flexibility index (Phi) is 3.86. The van der Waals surface area contributed by atoms with Crippen molar-refractivity contribution in [2.75, 3.05) is 0 Å². The number of alkyl halides is 3. The maximum Gasteiger partial charge on any atom is 0.413 e. The van der Waals surface area contributed by atoms with Gasteiger partial charge in [-0.2, -0.15) is 13.2 Å². The van der Waals surface area contributed by atoms with Gasteiger partial charge in [0.15, 0.2) is 11.3 Å². The van der Waals surface area contributed by atoms with Crippen LogP contribution in [0.2, 0.25) is 0 Å². The first-order valence-electron chi connectivity index (χ1n) is 5.50. The van der Waals surface area contributed by atoms with E-state index in [2.05, 4.69) is 0 Å². The summed E-state index contributed by atoms with van der Waals surface area (Å²) in [6.07, 6.45) is -5.04. The van der Waals surface area contributed by atoms with Crippen LogP contribution in [-0.2, 0) is 11.2 Å². The number of ketones is 1. The van der Waals surface area contributed by atoms with Gasteiger partial charge in [0, 0.05) is 6.42 Å². The highest BCUT2D eigenvalue weighted by Gasteiger charge is 2.53. The molecule has 0 bridgehead atoms. The summed E-state index contributed by atoms with van der Waals surface area (Å²) in [5, 5.41) is 0. The van der Waals surface area contributed by atoms with E-state index in [0.717, 1.165) is 11.1 Å². The number of carbonyl (C=O) groups excluding carboxylic acids is 1. The van der Waals surface area contributed by atoms with Gasteiger partial charge in [-0.3, -0.25) is 4.79 Å². The lowest BCUT2D eigenvalue weighted by molar-refractivity contribution is -0.185. The van der Waals surface area contributed by atoms with Gasteiger partial charge < -0.3 is 5.73 Å². The largest absolute Gasteiger partial charge is 0.413 e. The van der Waals surface area contributed by atoms with Crippen molar-refractivity contribution in [3.05, 3.63) is 34.9 Å². The zero-order valence-electron chi connectivity index (χ0n) is 10.6. The van der Waals surface area contributed by atoms with E-state index in [-0.39, 0.29) is 6.42 Å². The van der Waals surface area contributed by atoms with Crippen molar-refractivity contribution in [2.24, 2.45) is 5.73 Å². The minimum absolute atomic E-state index is 0.306. The van der Waals surface area contributed by atoms with Crippen LogP contribution in [-0.4, -0.2) is 17.5 Å². The molecule has 0 spiro atoms. The molecule has 0 heterocycles. The topological polar surface area (TPSA) is 43.1 Å². The molecule has 0 aliphatic carbocycles. The fourth-order valence-corrected chi connectivity index (χ4v) is 1.51. The first-order chi connectivity index (χ1) is 8.05. The number of Topliss-reactive ketones (excluding diaryl/α,β-unsaturated/α-hetero) is 1. The second kappa shape index (κ2) is 4.72. The number of hydrogen-bond donors (Lipinski definition) is 1. The molecule has 0 radical (unpaired) electrons. The van der Waals surface area contributed by atoms with Crippen molar-refractivity contribution in [1.29, 1.82) is 0 Å². The molecule has 1 atom stereocenters. The summed E-state index contributed by atoms with van der Waals surface area (Å²) in [5.41, 5.74) is 4.56. The average Bonchev–Trinajstić information content (AvgIpc) is 2.21. The maximum absolute atomic E-state index is 12.6. The van der Waals surface area contributed by atoms with E-state index >= 15 is 0 Å². The fourth-order valence-electron chi connectivity index (χ4n) is 1.51. The molecular weight excluding hydrogens is 243 g/mol. The molecule has 0 saturated heterocycles. The van der Waals surface area contributed by atoms with Gasteiger partial charge in [-0.05, 0) is 31.9 Å². The Balaban J connectivity index is 2.98. The quantitative estimate of drug-likeness (QED) is 0.907. The zero-order chi connectivity index (χ0) is 14.1. The van der Waals surface area contributed by atoms with Crippen LogP contribution >= 0.6 is 0 Å². The van der Waals surface area contributed by atoms with Crippen LogP contribution in [0.15, 0.2) is 18.2 Å². The fraction of sp³-hybridized carbons (Fsp3) is 0.462. The summed E-state index contributed by atoms with van der Waals surface area (Å²) >= 11 is 0. The second-order valence-electron chi connectivity index (χ2n) is 4.73. The van der Waals surface area contributed by atoms with Crippen molar-refractivity contribution < 1.29 is 18.0 Å². The molecule has 1 aromatic carbocycles. The van der Waals surface area contributed by atoms with Gasteiger partial charge in [0.25, 0.3) is 0 Å². The Labute approximate surface area is 104 Å². The molecule has 18 heavy (non-hydrogen) atoms. The standard InChI is InChI=1S/C13H16F3NO/c1-8-4-5-9(2)10(6-8)7-11(18)12(3,17)13(14,15)16/h4-6H,7,17H2,1-3H3. The van der Waals surface area contributed by atoms with E-state index < -0.39 is 17.5 Å². The molecule has 100 valence electrons. The van der Waals surface area contributed by atoms with Crippen molar-refractivity contribution in [1.82, 2.24) is 0 Å². The predicted octanol–water partition coefficient (Wildman–Crippen LogP) is 2.69. The predicted molar refractivity (Wildman–Crippen MR) is 63.3 cm³/mol. The van der Waals surface area contributed by atoms with Crippen LogP contribution in [0.1, 0.15) is 23.6 Å². The minimum Gasteiger partial charge on any atom is -0.312 e. The first-order valence-corrected chi connectivity index (χ1v) is 5.50. The van der Waals surface area contributed by atoms with Crippen molar-refractivity contribution >= 4 is 5.78 Å². The summed E-state index contributed by atoms with van der Waals surface area (Å²) in [4.78, 5) is 11.7. The van der Waals surface area contributed by atoms with E-state index in [1.54, 1.807) is 19.1 Å². The lowest BCUT2D eigenvalue weighted by Gasteiger charge is -2.26. The molecule has 0 saturated carbocycles. The third-order valence-electron chi connectivity index (χ3n) is 3.02. The molecule has 2 nitrogen and oxygen atoms in total. The Morgan fingerprint density at radius 3 is 2.33 bits per heavy atom. The van der Waals surface area contributed by atoms with Crippen molar-refractivity contribution in [3.63, 3.8) is 0 Å². The lowest BCUT2D eigenvalue weighted by Crippen LogP contribution is -2.57. The highest BCUT2D eigenvalue weighted by molar-refractivity contribution is 5.90. The highest BCUT2D eigenvalue weighted by atomic mass is 19.4. The number of rotatable bonds is 3. The van der Waals surface area contributed by atoms with Gasteiger partial charge in [0.2, 0.25) is 0 Å². The third kappa shape index (κ3) is 2.90. The monoisotopic (exact) mass is 259 g/mol. The third-order valence-corrected chi connectivity index (χ3v) is 3.02. The Morgan fingerprint density at radius 1 is 1.28 bits per heavy atom. The summed E-state index contributed by atoms with van der Waals surface area (Å²) in [7, 11) is 0. The molecule has 1 rings (SSSR count). The van der Waals surface area contributed by atoms with Gasteiger partial charge in [-0.15, -0.1) is 0 Å². The summed E-state index contributed by atoms with van der Waals surface area (Å²) in [5.74, 6) is -1.02. The number of hydrogen-bond acceptors (Lipinski definition) is 2. The lowest BCUT2D eigenvalue weighted by atomic mass is 9.90. The Bertz CT molecular complexity index is 464. The molecule has 0 aliphatic heterocycles. The Morgan fingerprint density at radius 2 is 1.83 bits per heavy atom. The number of carbonyl (C=O) groups is 1. The maximum atomic E-state index is 12.6. The highest BCUT2D eigenvalue weighted by Crippen LogP contribution is 2.30. The molecule has 0 fully saturated rings. The average molecular weight is 259 g/mol. The zero-order valence-corrected chi connectivity index (χ0v) is 10.6. The van der Waals surface area contributed by atoms with E-state index in [4.69, 9.17) is 5.73 Å². The van der Waals surface area contributed by atoms with Crippen molar-refractivity contribution in [2.45, 2.75) is 38.9 Å². The Hall–Kier alpha value is -1.36. The summed E-state index contributed by atoms with van der Waals surface area (Å²) in [6.45, 7) is 4.28. The smallest absolute Gasteiger partial charge is 0.312 e. The molecule has 5 heteroatoms. The number of aryl methyl sites for hydroxylation is 2. The van der Waals surface area contributed by atoms with E-state index in [9.17, 15) is 18.0 Å². The minimum atomic E-state index is -4.73. The van der Waals surface area contributed by atoms with Crippen LogP contribution in [0.5, 0.6) is 0 Å². The van der Waals surface area contributed by atoms with Gasteiger partial charge in [0.1, 0.15) is 0 Å². The van der Waals surface area contributed by atoms with E-state index in [0.29, 0.717) is 12.5 Å². The SMILES string of the molecule is Cc1ccc(C)c(CC(=O)C(C)(N)C(F)(F)F)c1. The number of nitrogens with two attached hydrogens (primary N) is 1. The van der Waals surface area contributed by atoms with Crippen LogP contribution in [0.4, 0.5) is 13.2 Å². The van der Waals surface area contributed by atoms with Crippen LogP contribution in [0, 0.1) is 13.8 Å². The molecule has 0 aromatic heterocycles. The number of halogens is 3. The van der Waals surface area contributed by atoms with E-state index in [1.165, 1.54) is 0 Å². The first kappa shape index (κ1) is 14.7. The van der Waals surface area contributed by atoms with Gasteiger partial charge in [-0.25, -0.2) is 0 Å². The molecule has 1 aromatic rings. The molecular formula is C13H16F3NO. The molecule has 1 unspecified atom stereocenters. The molecule has 0 aliphatic rings. The molecule has 0 amide bonds. The normalized spacial score (nSPS) is 15.3. The van der Waals surface area contributed by atoms with Gasteiger partial charge in [-0.1, -0.05) is 23.8 Å². The van der Waals surface area contributed by atoms with Crippen LogP contribution < -0.4 is 5.73 Å². The van der Waals surface area contributed by atoms with Gasteiger partial charge in [0.05, 0.1) is 0 Å². The van der Waals surface area contributed by atoms with E-state index in [1.807, 2.05) is 13.0 Å².